The van der Waals surface area contributed by atoms with E-state index in [1.165, 1.54) is 6.42 Å². The van der Waals surface area contributed by atoms with Gasteiger partial charge in [0, 0.05) is 12.7 Å². The Morgan fingerprint density at radius 3 is 3.00 bits per heavy atom. The van der Waals surface area contributed by atoms with Gasteiger partial charge in [0.05, 0.1) is 17.5 Å². The lowest BCUT2D eigenvalue weighted by atomic mass is 9.87. The van der Waals surface area contributed by atoms with Crippen LogP contribution < -0.4 is 5.32 Å². The Morgan fingerprint density at radius 2 is 2.24 bits per heavy atom. The average Bonchev–Trinajstić information content (AvgIpc) is 2.30. The molecule has 1 saturated carbocycles. The van der Waals surface area contributed by atoms with Crippen LogP contribution in [0.1, 0.15) is 37.1 Å². The fourth-order valence-corrected chi connectivity index (χ4v) is 2.39. The molecule has 0 spiro atoms. The summed E-state index contributed by atoms with van der Waals surface area (Å²) in [4.78, 5) is 8.72. The van der Waals surface area contributed by atoms with Gasteiger partial charge in [0.25, 0.3) is 0 Å². The number of aliphatic hydroxyl groups is 1. The number of nitrogens with one attached hydrogen (secondary N) is 1. The van der Waals surface area contributed by atoms with Gasteiger partial charge in [0.15, 0.2) is 0 Å². The van der Waals surface area contributed by atoms with Gasteiger partial charge in [-0.25, -0.2) is 4.98 Å². The SMILES string of the molecule is Cc1cnc(C)c(NCC2CCCC(O)C2)n1. The Labute approximate surface area is 102 Å². The van der Waals surface area contributed by atoms with Crippen molar-refractivity contribution in [3.05, 3.63) is 17.6 Å². The lowest BCUT2D eigenvalue weighted by molar-refractivity contribution is 0.104. The van der Waals surface area contributed by atoms with Crippen LogP contribution in [-0.2, 0) is 0 Å². The highest BCUT2D eigenvalue weighted by Crippen LogP contribution is 2.24. The van der Waals surface area contributed by atoms with Gasteiger partial charge >= 0.3 is 0 Å². The molecule has 1 fully saturated rings. The van der Waals surface area contributed by atoms with Gasteiger partial charge in [-0.15, -0.1) is 0 Å². The van der Waals surface area contributed by atoms with Crippen molar-refractivity contribution in [2.24, 2.45) is 5.92 Å². The topological polar surface area (TPSA) is 58.0 Å². The van der Waals surface area contributed by atoms with E-state index < -0.39 is 0 Å². The molecule has 1 aromatic rings. The molecule has 1 aliphatic rings. The maximum Gasteiger partial charge on any atom is 0.147 e. The third kappa shape index (κ3) is 3.40. The minimum Gasteiger partial charge on any atom is -0.393 e. The molecule has 2 N–H and O–H groups in total. The molecular weight excluding hydrogens is 214 g/mol. The smallest absolute Gasteiger partial charge is 0.147 e. The number of anilines is 1. The standard InChI is InChI=1S/C13H21N3O/c1-9-7-14-10(2)13(16-9)15-8-11-4-3-5-12(17)6-11/h7,11-12,17H,3-6,8H2,1-2H3,(H,15,16). The van der Waals surface area contributed by atoms with Crippen molar-refractivity contribution in [3.8, 4) is 0 Å². The fraction of sp³-hybridized carbons (Fsp3) is 0.692. The van der Waals surface area contributed by atoms with Gasteiger partial charge in [-0.05, 0) is 39.0 Å². The van der Waals surface area contributed by atoms with Gasteiger partial charge < -0.3 is 10.4 Å². The monoisotopic (exact) mass is 235 g/mol. The molecule has 0 amide bonds. The van der Waals surface area contributed by atoms with E-state index in [1.807, 2.05) is 13.8 Å². The summed E-state index contributed by atoms with van der Waals surface area (Å²) in [5, 5.41) is 13.0. The van der Waals surface area contributed by atoms with Crippen LogP contribution in [0.25, 0.3) is 0 Å². The second-order valence-corrected chi connectivity index (χ2v) is 5.01. The van der Waals surface area contributed by atoms with E-state index in [0.717, 1.165) is 43.0 Å². The number of hydrogen-bond donors (Lipinski definition) is 2. The normalized spacial score (nSPS) is 24.6. The second kappa shape index (κ2) is 5.45. The summed E-state index contributed by atoms with van der Waals surface area (Å²) in [6, 6.07) is 0. The van der Waals surface area contributed by atoms with Crippen molar-refractivity contribution >= 4 is 5.82 Å². The summed E-state index contributed by atoms with van der Waals surface area (Å²) < 4.78 is 0. The molecule has 2 rings (SSSR count). The molecule has 94 valence electrons. The molecule has 0 bridgehead atoms. The fourth-order valence-electron chi connectivity index (χ4n) is 2.39. The predicted molar refractivity (Wildman–Crippen MR) is 68.0 cm³/mol. The first-order valence-corrected chi connectivity index (χ1v) is 6.37. The van der Waals surface area contributed by atoms with E-state index in [-0.39, 0.29) is 6.10 Å². The molecule has 2 atom stereocenters. The Bertz CT molecular complexity index is 381. The largest absolute Gasteiger partial charge is 0.393 e. The summed E-state index contributed by atoms with van der Waals surface area (Å²) in [5.41, 5.74) is 1.87. The Hall–Kier alpha value is -1.16. The minimum absolute atomic E-state index is 0.111. The van der Waals surface area contributed by atoms with Gasteiger partial charge in [0.2, 0.25) is 0 Å². The number of nitrogens with zero attached hydrogens (tertiary/aromatic N) is 2. The summed E-state index contributed by atoms with van der Waals surface area (Å²) in [7, 11) is 0. The van der Waals surface area contributed by atoms with Crippen molar-refractivity contribution in [1.82, 2.24) is 9.97 Å². The maximum absolute atomic E-state index is 9.62. The average molecular weight is 235 g/mol. The maximum atomic E-state index is 9.62. The molecular formula is C13H21N3O. The van der Waals surface area contributed by atoms with Crippen LogP contribution in [0.4, 0.5) is 5.82 Å². The van der Waals surface area contributed by atoms with Crippen LogP contribution >= 0.6 is 0 Å². The van der Waals surface area contributed by atoms with E-state index in [0.29, 0.717) is 5.92 Å². The van der Waals surface area contributed by atoms with Gasteiger partial charge in [-0.2, -0.15) is 0 Å². The van der Waals surface area contributed by atoms with E-state index in [4.69, 9.17) is 0 Å². The molecule has 1 heterocycles. The van der Waals surface area contributed by atoms with Crippen molar-refractivity contribution in [1.29, 1.82) is 0 Å². The van der Waals surface area contributed by atoms with Crippen LogP contribution in [-0.4, -0.2) is 27.7 Å². The van der Waals surface area contributed by atoms with E-state index in [9.17, 15) is 5.11 Å². The zero-order chi connectivity index (χ0) is 12.3. The first-order chi connectivity index (χ1) is 8.15. The molecule has 4 heteroatoms. The molecule has 0 aromatic carbocycles. The number of aliphatic hydroxyl groups excluding tert-OH is 1. The lowest BCUT2D eigenvalue weighted by Gasteiger charge is -2.26. The molecule has 0 saturated heterocycles. The molecule has 4 nitrogen and oxygen atoms in total. The lowest BCUT2D eigenvalue weighted by Crippen LogP contribution is -2.25. The van der Waals surface area contributed by atoms with Gasteiger partial charge in [0.1, 0.15) is 5.82 Å². The Balaban J connectivity index is 1.90. The zero-order valence-electron chi connectivity index (χ0n) is 10.6. The quantitative estimate of drug-likeness (QED) is 0.842. The first kappa shape index (κ1) is 12.3. The van der Waals surface area contributed by atoms with E-state index in [1.54, 1.807) is 6.20 Å². The Kier molecular flexibility index (Phi) is 3.94. The zero-order valence-corrected chi connectivity index (χ0v) is 10.6. The number of hydrogen-bond acceptors (Lipinski definition) is 4. The molecule has 1 aliphatic carbocycles. The third-order valence-corrected chi connectivity index (χ3v) is 3.39. The van der Waals surface area contributed by atoms with Crippen molar-refractivity contribution in [3.63, 3.8) is 0 Å². The molecule has 0 aliphatic heterocycles. The minimum atomic E-state index is -0.111. The van der Waals surface area contributed by atoms with Crippen LogP contribution in [0.2, 0.25) is 0 Å². The van der Waals surface area contributed by atoms with Crippen LogP contribution in [0, 0.1) is 19.8 Å². The predicted octanol–water partition coefficient (Wildman–Crippen LogP) is 2.06. The van der Waals surface area contributed by atoms with Gasteiger partial charge in [-0.3, -0.25) is 4.98 Å². The van der Waals surface area contributed by atoms with Crippen molar-refractivity contribution in [2.45, 2.75) is 45.6 Å². The number of aryl methyl sites for hydroxylation is 2. The van der Waals surface area contributed by atoms with Gasteiger partial charge in [-0.1, -0.05) is 6.42 Å². The Morgan fingerprint density at radius 1 is 1.41 bits per heavy atom. The molecule has 1 aromatic heterocycles. The summed E-state index contributed by atoms with van der Waals surface area (Å²) in [6.07, 6.45) is 5.87. The van der Waals surface area contributed by atoms with E-state index >= 15 is 0 Å². The number of rotatable bonds is 3. The molecule has 2 unspecified atom stereocenters. The molecule has 17 heavy (non-hydrogen) atoms. The highest BCUT2D eigenvalue weighted by atomic mass is 16.3. The summed E-state index contributed by atoms with van der Waals surface area (Å²) in [5.74, 6) is 1.44. The summed E-state index contributed by atoms with van der Waals surface area (Å²) in [6.45, 7) is 4.79. The van der Waals surface area contributed by atoms with Crippen molar-refractivity contribution < 1.29 is 5.11 Å². The number of aromatic nitrogens is 2. The van der Waals surface area contributed by atoms with Crippen LogP contribution in [0.5, 0.6) is 0 Å². The summed E-state index contributed by atoms with van der Waals surface area (Å²) >= 11 is 0. The second-order valence-electron chi connectivity index (χ2n) is 5.01. The van der Waals surface area contributed by atoms with E-state index in [2.05, 4.69) is 15.3 Å². The molecule has 0 radical (unpaired) electrons. The third-order valence-electron chi connectivity index (χ3n) is 3.39. The highest BCUT2D eigenvalue weighted by Gasteiger charge is 2.20. The van der Waals surface area contributed by atoms with Crippen LogP contribution in [0.15, 0.2) is 6.20 Å². The van der Waals surface area contributed by atoms with Crippen LogP contribution in [0.3, 0.4) is 0 Å². The van der Waals surface area contributed by atoms with Crippen molar-refractivity contribution in [2.75, 3.05) is 11.9 Å². The first-order valence-electron chi connectivity index (χ1n) is 6.37. The highest BCUT2D eigenvalue weighted by molar-refractivity contribution is 5.39.